The van der Waals surface area contributed by atoms with Crippen molar-refractivity contribution in [1.29, 1.82) is 0 Å². The number of methoxy groups -OCH3 is 2. The quantitative estimate of drug-likeness (QED) is 0.787. The molecule has 0 saturated heterocycles. The van der Waals surface area contributed by atoms with Crippen molar-refractivity contribution in [3.63, 3.8) is 0 Å². The third kappa shape index (κ3) is 3.54. The Kier molecular flexibility index (Phi) is 5.51. The Labute approximate surface area is 174 Å². The molecule has 1 heterocycles. The Bertz CT molecular complexity index is 1140. The van der Waals surface area contributed by atoms with Gasteiger partial charge in [-0.15, -0.1) is 0 Å². The highest BCUT2D eigenvalue weighted by Gasteiger charge is 2.38. The SMILES string of the molecule is COc1cc2c(cc1OC)N(C)S(=O)(=O)C(C(=O)Nc1ccc(C)c(Cl)c1)=C2C. The molecule has 7 nitrogen and oxygen atoms in total. The first-order chi connectivity index (χ1) is 13.6. The fourth-order valence-corrected chi connectivity index (χ4v) is 4.80. The zero-order valence-corrected chi connectivity index (χ0v) is 18.2. The molecule has 9 heteroatoms. The van der Waals surface area contributed by atoms with E-state index >= 15 is 0 Å². The third-order valence-electron chi connectivity index (χ3n) is 4.84. The lowest BCUT2D eigenvalue weighted by molar-refractivity contribution is -0.112. The summed E-state index contributed by atoms with van der Waals surface area (Å²) in [5.74, 6) is 0.0846. The summed E-state index contributed by atoms with van der Waals surface area (Å²) in [4.78, 5) is 12.6. The molecule has 0 fully saturated rings. The van der Waals surface area contributed by atoms with Crippen LogP contribution in [-0.4, -0.2) is 35.6 Å². The van der Waals surface area contributed by atoms with E-state index in [1.54, 1.807) is 37.3 Å². The second kappa shape index (κ2) is 7.61. The minimum Gasteiger partial charge on any atom is -0.493 e. The number of allylic oxidation sites excluding steroid dienone is 1. The highest BCUT2D eigenvalue weighted by molar-refractivity contribution is 7.97. The van der Waals surface area contributed by atoms with Crippen LogP contribution in [0.4, 0.5) is 11.4 Å². The number of rotatable bonds is 4. The van der Waals surface area contributed by atoms with Crippen LogP contribution in [0.1, 0.15) is 18.1 Å². The van der Waals surface area contributed by atoms with Gasteiger partial charge in [-0.05, 0) is 43.2 Å². The van der Waals surface area contributed by atoms with Crippen LogP contribution in [0, 0.1) is 6.92 Å². The topological polar surface area (TPSA) is 84.9 Å². The maximum absolute atomic E-state index is 13.1. The van der Waals surface area contributed by atoms with Crippen molar-refractivity contribution < 1.29 is 22.7 Å². The summed E-state index contributed by atoms with van der Waals surface area (Å²) in [5, 5.41) is 3.10. The molecule has 0 saturated carbocycles. The highest BCUT2D eigenvalue weighted by atomic mass is 35.5. The first-order valence-corrected chi connectivity index (χ1v) is 10.5. The minimum absolute atomic E-state index is 0.315. The van der Waals surface area contributed by atoms with Crippen molar-refractivity contribution >= 4 is 44.5 Å². The van der Waals surface area contributed by atoms with E-state index < -0.39 is 15.9 Å². The van der Waals surface area contributed by atoms with E-state index in [1.807, 2.05) is 6.92 Å². The predicted octanol–water partition coefficient (Wildman–Crippen LogP) is 3.81. The van der Waals surface area contributed by atoms with Crippen LogP contribution < -0.4 is 19.1 Å². The number of hydrogen-bond acceptors (Lipinski definition) is 5. The molecule has 1 aliphatic heterocycles. The van der Waals surface area contributed by atoms with Crippen molar-refractivity contribution in [3.05, 3.63) is 51.4 Å². The largest absolute Gasteiger partial charge is 0.493 e. The normalized spacial score (nSPS) is 15.0. The molecular formula is C20H21ClN2O5S. The molecule has 3 rings (SSSR count). The highest BCUT2D eigenvalue weighted by Crippen LogP contribution is 2.44. The molecule has 1 aliphatic rings. The Morgan fingerprint density at radius 3 is 2.28 bits per heavy atom. The molecule has 0 radical (unpaired) electrons. The summed E-state index contributed by atoms with van der Waals surface area (Å²) in [7, 11) is 0.272. The fourth-order valence-electron chi connectivity index (χ4n) is 3.16. The van der Waals surface area contributed by atoms with Crippen LogP contribution in [0.15, 0.2) is 35.2 Å². The van der Waals surface area contributed by atoms with Gasteiger partial charge in [0.05, 0.1) is 19.9 Å². The van der Waals surface area contributed by atoms with Crippen LogP contribution in [0.5, 0.6) is 11.5 Å². The number of carbonyl (C=O) groups is 1. The van der Waals surface area contributed by atoms with Crippen LogP contribution in [0.2, 0.25) is 5.02 Å². The number of ether oxygens (including phenoxy) is 2. The van der Waals surface area contributed by atoms with E-state index in [1.165, 1.54) is 21.3 Å². The van der Waals surface area contributed by atoms with Gasteiger partial charge >= 0.3 is 0 Å². The van der Waals surface area contributed by atoms with Crippen molar-refractivity contribution in [2.75, 3.05) is 30.9 Å². The molecule has 1 N–H and O–H groups in total. The number of halogens is 1. The molecule has 0 atom stereocenters. The minimum atomic E-state index is -4.08. The number of benzene rings is 2. The number of amides is 1. The summed E-state index contributed by atoms with van der Waals surface area (Å²) < 4.78 is 37.9. The molecule has 0 bridgehead atoms. The van der Waals surface area contributed by atoms with Crippen molar-refractivity contribution in [3.8, 4) is 11.5 Å². The molecule has 29 heavy (non-hydrogen) atoms. The molecule has 0 spiro atoms. The van der Waals surface area contributed by atoms with Gasteiger partial charge in [0.15, 0.2) is 16.4 Å². The number of sulfonamides is 1. The summed E-state index contributed by atoms with van der Waals surface area (Å²) in [6, 6.07) is 8.21. The van der Waals surface area contributed by atoms with Crippen LogP contribution in [-0.2, 0) is 14.8 Å². The zero-order valence-electron chi connectivity index (χ0n) is 16.7. The predicted molar refractivity (Wildman–Crippen MR) is 114 cm³/mol. The van der Waals surface area contributed by atoms with Gasteiger partial charge in [-0.1, -0.05) is 17.7 Å². The Morgan fingerprint density at radius 2 is 1.69 bits per heavy atom. The van der Waals surface area contributed by atoms with Gasteiger partial charge in [0.25, 0.3) is 15.9 Å². The molecule has 2 aromatic rings. The van der Waals surface area contributed by atoms with Gasteiger partial charge < -0.3 is 14.8 Å². The van der Waals surface area contributed by atoms with Crippen LogP contribution in [0.25, 0.3) is 5.57 Å². The van der Waals surface area contributed by atoms with Crippen LogP contribution >= 0.6 is 11.6 Å². The van der Waals surface area contributed by atoms with Crippen molar-refractivity contribution in [1.82, 2.24) is 0 Å². The monoisotopic (exact) mass is 436 g/mol. The molecule has 0 unspecified atom stereocenters. The molecule has 0 aromatic heterocycles. The Balaban J connectivity index is 2.14. The Morgan fingerprint density at radius 1 is 1.07 bits per heavy atom. The molecular weight excluding hydrogens is 416 g/mol. The number of carbonyl (C=O) groups excluding carboxylic acids is 1. The van der Waals surface area contributed by atoms with Crippen molar-refractivity contribution in [2.45, 2.75) is 13.8 Å². The van der Waals surface area contributed by atoms with E-state index in [-0.39, 0.29) is 4.91 Å². The fraction of sp³-hybridized carbons (Fsp3) is 0.250. The van der Waals surface area contributed by atoms with Gasteiger partial charge in [-0.25, -0.2) is 8.42 Å². The van der Waals surface area contributed by atoms with E-state index in [2.05, 4.69) is 5.32 Å². The second-order valence-electron chi connectivity index (χ2n) is 6.57. The summed E-state index contributed by atoms with van der Waals surface area (Å²) in [6.07, 6.45) is 0. The summed E-state index contributed by atoms with van der Waals surface area (Å²) >= 11 is 6.10. The maximum atomic E-state index is 13.1. The number of aryl methyl sites for hydroxylation is 1. The lowest BCUT2D eigenvalue weighted by Gasteiger charge is -2.30. The number of fused-ring (bicyclic) bond motifs is 1. The number of nitrogens with one attached hydrogen (secondary N) is 1. The second-order valence-corrected chi connectivity index (χ2v) is 8.88. The molecule has 0 aliphatic carbocycles. The molecule has 154 valence electrons. The average molecular weight is 437 g/mol. The van der Waals surface area contributed by atoms with E-state index in [9.17, 15) is 13.2 Å². The van der Waals surface area contributed by atoms with Gasteiger partial charge in [-0.2, -0.15) is 0 Å². The first-order valence-electron chi connectivity index (χ1n) is 8.65. The molecule has 1 amide bonds. The van der Waals surface area contributed by atoms with Crippen molar-refractivity contribution in [2.24, 2.45) is 0 Å². The van der Waals surface area contributed by atoms with E-state index in [0.29, 0.717) is 39.0 Å². The summed E-state index contributed by atoms with van der Waals surface area (Å²) in [6.45, 7) is 3.42. The maximum Gasteiger partial charge on any atom is 0.269 e. The average Bonchev–Trinajstić information content (AvgIpc) is 2.68. The van der Waals surface area contributed by atoms with Crippen LogP contribution in [0.3, 0.4) is 0 Å². The summed E-state index contributed by atoms with van der Waals surface area (Å²) in [5.41, 5.74) is 2.53. The van der Waals surface area contributed by atoms with Gasteiger partial charge in [0, 0.05) is 29.4 Å². The number of anilines is 2. The third-order valence-corrected chi connectivity index (χ3v) is 7.17. The van der Waals surface area contributed by atoms with Gasteiger partial charge in [-0.3, -0.25) is 9.10 Å². The molecule has 2 aromatic carbocycles. The first kappa shape index (κ1) is 21.0. The number of hydrogen-bond donors (Lipinski definition) is 1. The number of nitrogens with zero attached hydrogens (tertiary/aromatic N) is 1. The standard InChI is InChI=1S/C20H21ClN2O5S/c1-11-6-7-13(8-15(11)21)22-20(24)19-12(2)14-9-17(27-4)18(28-5)10-16(14)23(3)29(19,25)26/h6-10H,1-5H3,(H,22,24). The van der Waals surface area contributed by atoms with E-state index in [4.69, 9.17) is 21.1 Å². The van der Waals surface area contributed by atoms with E-state index in [0.717, 1.165) is 9.87 Å². The zero-order chi connectivity index (χ0) is 21.5. The lowest BCUT2D eigenvalue weighted by atomic mass is 10.0. The van der Waals surface area contributed by atoms with Gasteiger partial charge in [0.1, 0.15) is 0 Å². The lowest BCUT2D eigenvalue weighted by Crippen LogP contribution is -2.36. The smallest absolute Gasteiger partial charge is 0.269 e. The van der Waals surface area contributed by atoms with Gasteiger partial charge in [0.2, 0.25) is 0 Å². The Hall–Kier alpha value is -2.71.